The smallest absolute Gasteiger partial charge is 0.228 e. The third-order valence-electron chi connectivity index (χ3n) is 5.01. The van der Waals surface area contributed by atoms with Crippen molar-refractivity contribution in [2.24, 2.45) is 0 Å². The number of nitrogens with one attached hydrogen (secondary N) is 1. The Labute approximate surface area is 179 Å². The first kappa shape index (κ1) is 18.9. The standard InChI is InChI=1S/C24H21NO4S/c26-24(13-16-6-7-20-17(12-16)8-9-27-20)25-19-14-21-22(29-11-10-28-21)15-23(19)30-18-4-2-1-3-5-18/h1-7,12,14-15H,8-11,13H2,(H,25,26). The van der Waals surface area contributed by atoms with Crippen LogP contribution in [0.15, 0.2) is 70.5 Å². The summed E-state index contributed by atoms with van der Waals surface area (Å²) in [4.78, 5) is 14.8. The normalized spacial score (nSPS) is 14.0. The maximum absolute atomic E-state index is 12.8. The quantitative estimate of drug-likeness (QED) is 0.648. The van der Waals surface area contributed by atoms with Gasteiger partial charge in [0.1, 0.15) is 19.0 Å². The van der Waals surface area contributed by atoms with E-state index >= 15 is 0 Å². The highest BCUT2D eigenvalue weighted by Crippen LogP contribution is 2.42. The fourth-order valence-electron chi connectivity index (χ4n) is 3.60. The Morgan fingerprint density at radius 3 is 2.47 bits per heavy atom. The van der Waals surface area contributed by atoms with Crippen LogP contribution in [0.2, 0.25) is 0 Å². The second-order valence-corrected chi connectivity index (χ2v) is 8.29. The van der Waals surface area contributed by atoms with Crippen LogP contribution >= 0.6 is 11.8 Å². The molecule has 0 saturated carbocycles. The minimum absolute atomic E-state index is 0.0690. The van der Waals surface area contributed by atoms with Crippen LogP contribution in [0.3, 0.4) is 0 Å². The highest BCUT2D eigenvalue weighted by Gasteiger charge is 2.19. The topological polar surface area (TPSA) is 56.8 Å². The molecule has 0 atom stereocenters. The van der Waals surface area contributed by atoms with Crippen LogP contribution in [-0.4, -0.2) is 25.7 Å². The van der Waals surface area contributed by atoms with Crippen LogP contribution in [0.5, 0.6) is 17.2 Å². The molecule has 2 aliphatic heterocycles. The number of hydrogen-bond acceptors (Lipinski definition) is 5. The lowest BCUT2D eigenvalue weighted by atomic mass is 10.1. The molecule has 0 fully saturated rings. The van der Waals surface area contributed by atoms with Crippen molar-refractivity contribution in [3.63, 3.8) is 0 Å². The fraction of sp³-hybridized carbons (Fsp3) is 0.208. The van der Waals surface area contributed by atoms with Gasteiger partial charge in [0.2, 0.25) is 5.91 Å². The highest BCUT2D eigenvalue weighted by molar-refractivity contribution is 7.99. The minimum atomic E-state index is -0.0690. The largest absolute Gasteiger partial charge is 0.493 e. The molecule has 2 aliphatic rings. The summed E-state index contributed by atoms with van der Waals surface area (Å²) in [7, 11) is 0. The molecule has 152 valence electrons. The molecule has 2 heterocycles. The number of carbonyl (C=O) groups excluding carboxylic acids is 1. The molecule has 1 N–H and O–H groups in total. The Morgan fingerprint density at radius 1 is 0.867 bits per heavy atom. The van der Waals surface area contributed by atoms with Gasteiger partial charge in [-0.25, -0.2) is 0 Å². The lowest BCUT2D eigenvalue weighted by Gasteiger charge is -2.21. The van der Waals surface area contributed by atoms with Gasteiger partial charge in [0.05, 0.1) is 18.7 Å². The summed E-state index contributed by atoms with van der Waals surface area (Å²) in [5.74, 6) is 2.22. The molecule has 0 aromatic heterocycles. The molecule has 0 bridgehead atoms. The second-order valence-electron chi connectivity index (χ2n) is 7.17. The Balaban J connectivity index is 1.38. The first-order chi connectivity index (χ1) is 14.7. The number of fused-ring (bicyclic) bond motifs is 2. The van der Waals surface area contributed by atoms with Crippen LogP contribution in [-0.2, 0) is 17.6 Å². The van der Waals surface area contributed by atoms with Crippen molar-refractivity contribution in [1.29, 1.82) is 0 Å². The van der Waals surface area contributed by atoms with Crippen LogP contribution < -0.4 is 19.5 Å². The third-order valence-corrected chi connectivity index (χ3v) is 6.07. The van der Waals surface area contributed by atoms with Gasteiger partial charge in [0.25, 0.3) is 0 Å². The molecular formula is C24H21NO4S. The van der Waals surface area contributed by atoms with E-state index in [0.29, 0.717) is 37.7 Å². The van der Waals surface area contributed by atoms with Gasteiger partial charge in [0, 0.05) is 28.3 Å². The number of rotatable bonds is 5. The van der Waals surface area contributed by atoms with Crippen molar-refractivity contribution >= 4 is 23.4 Å². The third kappa shape index (κ3) is 4.09. The van der Waals surface area contributed by atoms with Crippen molar-refractivity contribution in [3.8, 4) is 17.2 Å². The van der Waals surface area contributed by atoms with E-state index in [0.717, 1.165) is 33.2 Å². The number of ether oxygens (including phenoxy) is 3. The van der Waals surface area contributed by atoms with Gasteiger partial charge in [-0.1, -0.05) is 42.1 Å². The minimum Gasteiger partial charge on any atom is -0.493 e. The number of amides is 1. The fourth-order valence-corrected chi connectivity index (χ4v) is 4.53. The number of anilines is 1. The Bertz CT molecular complexity index is 1080. The van der Waals surface area contributed by atoms with E-state index in [1.165, 1.54) is 5.56 Å². The van der Waals surface area contributed by atoms with Crippen molar-refractivity contribution in [2.45, 2.75) is 22.6 Å². The molecule has 0 saturated heterocycles. The van der Waals surface area contributed by atoms with Crippen LogP contribution in [0.4, 0.5) is 5.69 Å². The second kappa shape index (κ2) is 8.32. The van der Waals surface area contributed by atoms with Gasteiger partial charge in [0.15, 0.2) is 11.5 Å². The Morgan fingerprint density at radius 2 is 1.63 bits per heavy atom. The van der Waals surface area contributed by atoms with Crippen LogP contribution in [0, 0.1) is 0 Å². The molecule has 0 radical (unpaired) electrons. The molecule has 3 aromatic rings. The van der Waals surface area contributed by atoms with Gasteiger partial charge < -0.3 is 19.5 Å². The molecule has 5 nitrogen and oxygen atoms in total. The summed E-state index contributed by atoms with van der Waals surface area (Å²) < 4.78 is 17.0. The van der Waals surface area contributed by atoms with E-state index in [1.54, 1.807) is 11.8 Å². The maximum atomic E-state index is 12.8. The van der Waals surface area contributed by atoms with E-state index in [4.69, 9.17) is 14.2 Å². The average molecular weight is 420 g/mol. The van der Waals surface area contributed by atoms with Gasteiger partial charge in [-0.05, 0) is 29.3 Å². The number of carbonyl (C=O) groups is 1. The van der Waals surface area contributed by atoms with Crippen LogP contribution in [0.1, 0.15) is 11.1 Å². The average Bonchev–Trinajstić information content (AvgIpc) is 3.23. The predicted octanol–water partition coefficient (Wildman–Crippen LogP) is 4.73. The molecule has 0 aliphatic carbocycles. The summed E-state index contributed by atoms with van der Waals surface area (Å²) in [6.07, 6.45) is 1.20. The van der Waals surface area contributed by atoms with E-state index < -0.39 is 0 Å². The first-order valence-corrected chi connectivity index (χ1v) is 10.8. The van der Waals surface area contributed by atoms with Crippen molar-refractivity contribution < 1.29 is 19.0 Å². The SMILES string of the molecule is O=C(Cc1ccc2c(c1)CCO2)Nc1cc2c(cc1Sc1ccccc1)OCCO2. The molecule has 0 spiro atoms. The van der Waals surface area contributed by atoms with E-state index in [-0.39, 0.29) is 5.91 Å². The summed E-state index contributed by atoms with van der Waals surface area (Å²) in [5.41, 5.74) is 2.87. The zero-order chi connectivity index (χ0) is 20.3. The zero-order valence-electron chi connectivity index (χ0n) is 16.4. The lowest BCUT2D eigenvalue weighted by molar-refractivity contribution is -0.115. The monoisotopic (exact) mass is 419 g/mol. The summed E-state index contributed by atoms with van der Waals surface area (Å²) in [5, 5.41) is 3.07. The molecule has 3 aromatic carbocycles. The molecule has 0 unspecified atom stereocenters. The molecule has 6 heteroatoms. The predicted molar refractivity (Wildman–Crippen MR) is 116 cm³/mol. The molecule has 1 amide bonds. The molecule has 5 rings (SSSR count). The Kier molecular flexibility index (Phi) is 5.24. The van der Waals surface area contributed by atoms with Gasteiger partial charge in [-0.15, -0.1) is 0 Å². The summed E-state index contributed by atoms with van der Waals surface area (Å²) >= 11 is 1.58. The molecular weight excluding hydrogens is 398 g/mol. The number of benzene rings is 3. The molecule has 30 heavy (non-hydrogen) atoms. The highest BCUT2D eigenvalue weighted by atomic mass is 32.2. The van der Waals surface area contributed by atoms with Crippen molar-refractivity contribution in [3.05, 3.63) is 71.8 Å². The van der Waals surface area contributed by atoms with Crippen molar-refractivity contribution in [1.82, 2.24) is 0 Å². The lowest BCUT2D eigenvalue weighted by Crippen LogP contribution is -2.18. The summed E-state index contributed by atoms with van der Waals surface area (Å²) in [6, 6.07) is 19.8. The maximum Gasteiger partial charge on any atom is 0.228 e. The van der Waals surface area contributed by atoms with E-state index in [1.807, 2.05) is 54.6 Å². The van der Waals surface area contributed by atoms with Crippen molar-refractivity contribution in [2.75, 3.05) is 25.1 Å². The Hall–Kier alpha value is -3.12. The van der Waals surface area contributed by atoms with E-state index in [2.05, 4.69) is 11.4 Å². The summed E-state index contributed by atoms with van der Waals surface area (Å²) in [6.45, 7) is 1.74. The van der Waals surface area contributed by atoms with E-state index in [9.17, 15) is 4.79 Å². The number of hydrogen-bond donors (Lipinski definition) is 1. The van der Waals surface area contributed by atoms with Gasteiger partial charge in [-0.2, -0.15) is 0 Å². The van der Waals surface area contributed by atoms with Gasteiger partial charge in [-0.3, -0.25) is 4.79 Å². The zero-order valence-corrected chi connectivity index (χ0v) is 17.2. The van der Waals surface area contributed by atoms with Crippen LogP contribution in [0.25, 0.3) is 0 Å². The van der Waals surface area contributed by atoms with Gasteiger partial charge >= 0.3 is 0 Å². The first-order valence-electron chi connectivity index (χ1n) is 9.95.